The van der Waals surface area contributed by atoms with E-state index >= 15 is 0 Å². The number of rotatable bonds is 5. The van der Waals surface area contributed by atoms with Gasteiger partial charge in [0, 0.05) is 25.1 Å². The van der Waals surface area contributed by atoms with Crippen LogP contribution < -0.4 is 10.6 Å². The number of anilines is 1. The van der Waals surface area contributed by atoms with Crippen LogP contribution >= 0.6 is 0 Å². The molecule has 0 spiro atoms. The molecule has 0 bridgehead atoms. The maximum Gasteiger partial charge on any atom is 0.227 e. The van der Waals surface area contributed by atoms with E-state index in [1.807, 2.05) is 13.0 Å². The van der Waals surface area contributed by atoms with E-state index in [0.29, 0.717) is 12.4 Å². The van der Waals surface area contributed by atoms with Crippen molar-refractivity contribution in [2.45, 2.75) is 45.4 Å². The smallest absolute Gasteiger partial charge is 0.227 e. The van der Waals surface area contributed by atoms with Crippen molar-refractivity contribution in [3.8, 4) is 0 Å². The number of hydrogen-bond donors (Lipinski definition) is 2. The Morgan fingerprint density at radius 1 is 1.24 bits per heavy atom. The van der Waals surface area contributed by atoms with Crippen LogP contribution in [0.5, 0.6) is 0 Å². The molecule has 0 aliphatic heterocycles. The number of carbonyl (C=O) groups excluding carboxylic acids is 2. The van der Waals surface area contributed by atoms with Gasteiger partial charge in [0.1, 0.15) is 5.82 Å². The summed E-state index contributed by atoms with van der Waals surface area (Å²) in [6.07, 6.45) is 7.44. The lowest BCUT2D eigenvalue weighted by molar-refractivity contribution is -0.126. The van der Waals surface area contributed by atoms with Crippen molar-refractivity contribution in [3.05, 3.63) is 23.9 Å². The lowest BCUT2D eigenvalue weighted by atomic mass is 9.89. The van der Waals surface area contributed by atoms with Gasteiger partial charge in [-0.25, -0.2) is 4.98 Å². The number of aryl methyl sites for hydroxylation is 1. The van der Waals surface area contributed by atoms with Gasteiger partial charge in [-0.3, -0.25) is 9.59 Å². The molecular weight excluding hydrogens is 266 g/mol. The Hall–Kier alpha value is -1.91. The Kier molecular flexibility index (Phi) is 5.72. The fourth-order valence-electron chi connectivity index (χ4n) is 2.56. The first kappa shape index (κ1) is 15.5. The molecule has 1 aliphatic carbocycles. The molecule has 1 aliphatic rings. The number of pyridine rings is 1. The van der Waals surface area contributed by atoms with Crippen LogP contribution in [0.4, 0.5) is 5.82 Å². The van der Waals surface area contributed by atoms with Gasteiger partial charge in [0.15, 0.2) is 0 Å². The first-order valence-electron chi connectivity index (χ1n) is 7.65. The van der Waals surface area contributed by atoms with Gasteiger partial charge in [0.25, 0.3) is 0 Å². The summed E-state index contributed by atoms with van der Waals surface area (Å²) >= 11 is 0. The molecule has 2 N–H and O–H groups in total. The molecule has 1 aromatic heterocycles. The lowest BCUT2D eigenvalue weighted by Crippen LogP contribution is -2.34. The van der Waals surface area contributed by atoms with Gasteiger partial charge in [-0.1, -0.05) is 25.3 Å². The minimum Gasteiger partial charge on any atom is -0.355 e. The van der Waals surface area contributed by atoms with Gasteiger partial charge >= 0.3 is 0 Å². The summed E-state index contributed by atoms with van der Waals surface area (Å²) in [5.74, 6) is 0.649. The van der Waals surface area contributed by atoms with E-state index < -0.39 is 0 Å². The van der Waals surface area contributed by atoms with E-state index in [4.69, 9.17) is 0 Å². The van der Waals surface area contributed by atoms with E-state index in [1.165, 1.54) is 6.42 Å². The highest BCUT2D eigenvalue weighted by molar-refractivity contribution is 5.90. The van der Waals surface area contributed by atoms with Crippen molar-refractivity contribution in [1.29, 1.82) is 0 Å². The van der Waals surface area contributed by atoms with Gasteiger partial charge in [-0.2, -0.15) is 0 Å². The van der Waals surface area contributed by atoms with Crippen LogP contribution in [-0.2, 0) is 9.59 Å². The number of nitrogens with zero attached hydrogens (tertiary/aromatic N) is 1. The number of hydrogen-bond acceptors (Lipinski definition) is 3. The first-order valence-corrected chi connectivity index (χ1v) is 7.65. The van der Waals surface area contributed by atoms with Crippen LogP contribution in [0.25, 0.3) is 0 Å². The summed E-state index contributed by atoms with van der Waals surface area (Å²) in [7, 11) is 0. The van der Waals surface area contributed by atoms with Crippen LogP contribution in [0.3, 0.4) is 0 Å². The Bertz CT molecular complexity index is 479. The van der Waals surface area contributed by atoms with E-state index in [-0.39, 0.29) is 24.2 Å². The second-order valence-corrected chi connectivity index (χ2v) is 5.64. The quantitative estimate of drug-likeness (QED) is 0.874. The molecule has 0 radical (unpaired) electrons. The van der Waals surface area contributed by atoms with Crippen molar-refractivity contribution >= 4 is 17.6 Å². The second-order valence-electron chi connectivity index (χ2n) is 5.64. The third-order valence-corrected chi connectivity index (χ3v) is 3.81. The van der Waals surface area contributed by atoms with Crippen molar-refractivity contribution in [2.75, 3.05) is 11.9 Å². The molecule has 5 nitrogen and oxygen atoms in total. The topological polar surface area (TPSA) is 71.1 Å². The molecule has 0 unspecified atom stereocenters. The van der Waals surface area contributed by atoms with Gasteiger partial charge in [0.05, 0.1) is 0 Å². The summed E-state index contributed by atoms with van der Waals surface area (Å²) in [5, 5.41) is 5.58. The maximum absolute atomic E-state index is 11.9. The Morgan fingerprint density at radius 3 is 2.67 bits per heavy atom. The van der Waals surface area contributed by atoms with Crippen LogP contribution in [0.1, 0.15) is 44.1 Å². The lowest BCUT2D eigenvalue weighted by Gasteiger charge is -2.20. The van der Waals surface area contributed by atoms with E-state index in [1.54, 1.807) is 12.3 Å². The third kappa shape index (κ3) is 5.17. The van der Waals surface area contributed by atoms with Crippen LogP contribution in [-0.4, -0.2) is 23.3 Å². The van der Waals surface area contributed by atoms with Crippen LogP contribution in [0.15, 0.2) is 18.3 Å². The predicted octanol–water partition coefficient (Wildman–Crippen LogP) is 2.42. The molecule has 21 heavy (non-hydrogen) atoms. The van der Waals surface area contributed by atoms with Gasteiger partial charge in [-0.05, 0) is 31.4 Å². The first-order chi connectivity index (χ1) is 10.1. The standard InChI is InChI=1S/C16H23N3O2/c1-12-7-8-14(18-11-12)19-15(20)9-10-17-16(21)13-5-3-2-4-6-13/h7-8,11,13H,2-6,9-10H2,1H3,(H,17,21)(H,18,19,20). The summed E-state index contributed by atoms with van der Waals surface area (Å²) in [6, 6.07) is 3.67. The number of carbonyl (C=O) groups is 2. The molecular formula is C16H23N3O2. The summed E-state index contributed by atoms with van der Waals surface area (Å²) in [6.45, 7) is 2.33. The van der Waals surface area contributed by atoms with Gasteiger partial charge < -0.3 is 10.6 Å². The molecule has 2 rings (SSSR count). The average Bonchev–Trinajstić information content (AvgIpc) is 2.50. The van der Waals surface area contributed by atoms with E-state index in [9.17, 15) is 9.59 Å². The second kappa shape index (κ2) is 7.76. The molecule has 1 aromatic rings. The average molecular weight is 289 g/mol. The Balaban J connectivity index is 1.66. The van der Waals surface area contributed by atoms with Gasteiger partial charge in [0.2, 0.25) is 11.8 Å². The SMILES string of the molecule is Cc1ccc(NC(=O)CCNC(=O)C2CCCCC2)nc1. The van der Waals surface area contributed by atoms with Crippen molar-refractivity contribution in [3.63, 3.8) is 0 Å². The molecule has 0 saturated heterocycles. The summed E-state index contributed by atoms with van der Waals surface area (Å²) < 4.78 is 0. The highest BCUT2D eigenvalue weighted by Gasteiger charge is 2.20. The molecule has 114 valence electrons. The molecule has 5 heteroatoms. The zero-order valence-electron chi connectivity index (χ0n) is 12.5. The number of nitrogens with one attached hydrogen (secondary N) is 2. The molecule has 1 fully saturated rings. The number of aromatic nitrogens is 1. The van der Waals surface area contributed by atoms with Crippen molar-refractivity contribution in [1.82, 2.24) is 10.3 Å². The fourth-order valence-corrected chi connectivity index (χ4v) is 2.56. The monoisotopic (exact) mass is 289 g/mol. The van der Waals surface area contributed by atoms with E-state index in [0.717, 1.165) is 31.2 Å². The number of amides is 2. The third-order valence-electron chi connectivity index (χ3n) is 3.81. The summed E-state index contributed by atoms with van der Waals surface area (Å²) in [4.78, 5) is 27.8. The highest BCUT2D eigenvalue weighted by atomic mass is 16.2. The zero-order valence-corrected chi connectivity index (χ0v) is 12.5. The van der Waals surface area contributed by atoms with Crippen LogP contribution in [0, 0.1) is 12.8 Å². The summed E-state index contributed by atoms with van der Waals surface area (Å²) in [5.41, 5.74) is 1.05. The van der Waals surface area contributed by atoms with E-state index in [2.05, 4.69) is 15.6 Å². The molecule has 0 aromatic carbocycles. The van der Waals surface area contributed by atoms with Crippen molar-refractivity contribution in [2.24, 2.45) is 5.92 Å². The highest BCUT2D eigenvalue weighted by Crippen LogP contribution is 2.23. The molecule has 1 saturated carbocycles. The normalized spacial score (nSPS) is 15.5. The molecule has 1 heterocycles. The fraction of sp³-hybridized carbons (Fsp3) is 0.562. The Labute approximate surface area is 125 Å². The zero-order chi connectivity index (χ0) is 15.1. The van der Waals surface area contributed by atoms with Gasteiger partial charge in [-0.15, -0.1) is 0 Å². The minimum atomic E-state index is -0.129. The Morgan fingerprint density at radius 2 is 2.00 bits per heavy atom. The maximum atomic E-state index is 11.9. The largest absolute Gasteiger partial charge is 0.355 e. The predicted molar refractivity (Wildman–Crippen MR) is 81.8 cm³/mol. The molecule has 2 amide bonds. The van der Waals surface area contributed by atoms with Crippen molar-refractivity contribution < 1.29 is 9.59 Å². The molecule has 0 atom stereocenters. The minimum absolute atomic E-state index is 0.0935. The van der Waals surface area contributed by atoms with Crippen LogP contribution in [0.2, 0.25) is 0 Å².